The van der Waals surface area contributed by atoms with E-state index in [1.54, 1.807) is 75.4 Å². The molecule has 2 rings (SSSR count). The molecule has 0 saturated carbocycles. The van der Waals surface area contributed by atoms with E-state index < -0.39 is 41.4 Å². The average Bonchev–Trinajstić information content (AvgIpc) is 3.55. The summed E-state index contributed by atoms with van der Waals surface area (Å²) in [5.74, 6) is 0.931. The molecular formula is C30H53N5O8S2. The van der Waals surface area contributed by atoms with Crippen LogP contribution in [0.15, 0.2) is 0 Å². The summed E-state index contributed by atoms with van der Waals surface area (Å²) in [5.41, 5.74) is 0.262. The molecule has 0 bridgehead atoms. The number of carbonyl (C=O) groups is 5. The third kappa shape index (κ3) is 14.7. The molecule has 2 saturated heterocycles. The van der Waals surface area contributed by atoms with Gasteiger partial charge < -0.3 is 30.3 Å². The van der Waals surface area contributed by atoms with Crippen molar-refractivity contribution in [3.05, 3.63) is 0 Å². The summed E-state index contributed by atoms with van der Waals surface area (Å²) >= 11 is 3.55. The first kappa shape index (κ1) is 38.8. The molecule has 0 radical (unpaired) electrons. The van der Waals surface area contributed by atoms with Crippen LogP contribution >= 0.6 is 23.5 Å². The van der Waals surface area contributed by atoms with Gasteiger partial charge in [0.25, 0.3) is 0 Å². The zero-order valence-electron chi connectivity index (χ0n) is 27.6. The fourth-order valence-electron chi connectivity index (χ4n) is 5.05. The van der Waals surface area contributed by atoms with Crippen LogP contribution in [-0.2, 0) is 23.9 Å². The first-order valence-electron chi connectivity index (χ1n) is 15.8. The summed E-state index contributed by atoms with van der Waals surface area (Å²) in [6.45, 7) is 11.8. The van der Waals surface area contributed by atoms with Crippen molar-refractivity contribution in [1.82, 2.24) is 26.3 Å². The molecule has 2 heterocycles. The van der Waals surface area contributed by atoms with Crippen LogP contribution in [0.2, 0.25) is 0 Å². The maximum atomic E-state index is 14.1. The number of carbonyl (C=O) groups excluding carboxylic acids is 5. The molecule has 13 nitrogen and oxygen atoms in total. The SMILES string of the molecule is CC(C)(C)OC(=O)NCCCC[C@H](NC(=O)OC(C)(C)C)C(=O)N1CC2(C[C@H]1C(=O)NCCCCCCC(=O)NO)SCCS2. The van der Waals surface area contributed by atoms with Gasteiger partial charge in [-0.1, -0.05) is 12.8 Å². The summed E-state index contributed by atoms with van der Waals surface area (Å²) in [6.07, 6.45) is 3.92. The molecule has 0 aromatic rings. The van der Waals surface area contributed by atoms with Crippen LogP contribution in [-0.4, -0.2) is 98.5 Å². The van der Waals surface area contributed by atoms with Crippen molar-refractivity contribution >= 4 is 53.4 Å². The highest BCUT2D eigenvalue weighted by Gasteiger charge is 2.52. The van der Waals surface area contributed by atoms with E-state index >= 15 is 0 Å². The second-order valence-corrected chi connectivity index (χ2v) is 16.6. The molecule has 2 atom stereocenters. The molecular weight excluding hydrogens is 622 g/mol. The Labute approximate surface area is 275 Å². The van der Waals surface area contributed by atoms with E-state index in [0.717, 1.165) is 30.8 Å². The monoisotopic (exact) mass is 675 g/mol. The van der Waals surface area contributed by atoms with E-state index in [-0.39, 0.29) is 22.3 Å². The lowest BCUT2D eigenvalue weighted by Gasteiger charge is -2.30. The lowest BCUT2D eigenvalue weighted by Crippen LogP contribution is -2.54. The van der Waals surface area contributed by atoms with E-state index in [9.17, 15) is 24.0 Å². The molecule has 5 amide bonds. The maximum absolute atomic E-state index is 14.1. The van der Waals surface area contributed by atoms with Gasteiger partial charge in [-0.05, 0) is 73.6 Å². The van der Waals surface area contributed by atoms with Crippen molar-refractivity contribution in [2.45, 2.75) is 127 Å². The minimum atomic E-state index is -0.903. The number of hydrogen-bond acceptors (Lipinski definition) is 10. The van der Waals surface area contributed by atoms with Gasteiger partial charge in [0.1, 0.15) is 23.3 Å². The van der Waals surface area contributed by atoms with Gasteiger partial charge in [0, 0.05) is 44.0 Å². The van der Waals surface area contributed by atoms with Crippen LogP contribution in [0.3, 0.4) is 0 Å². The number of rotatable bonds is 15. The molecule has 2 aliphatic heterocycles. The minimum absolute atomic E-state index is 0.217. The quantitative estimate of drug-likeness (QED) is 0.0972. The Morgan fingerprint density at radius 3 is 2.04 bits per heavy atom. The predicted octanol–water partition coefficient (Wildman–Crippen LogP) is 3.92. The smallest absolute Gasteiger partial charge is 0.408 e. The topological polar surface area (TPSA) is 175 Å². The molecule has 5 N–H and O–H groups in total. The van der Waals surface area contributed by atoms with Crippen molar-refractivity contribution < 1.29 is 38.7 Å². The van der Waals surface area contributed by atoms with Gasteiger partial charge in [0.05, 0.1) is 4.08 Å². The van der Waals surface area contributed by atoms with Crippen molar-refractivity contribution in [1.29, 1.82) is 0 Å². The highest BCUT2D eigenvalue weighted by Crippen LogP contribution is 2.52. The van der Waals surface area contributed by atoms with Crippen molar-refractivity contribution in [3.63, 3.8) is 0 Å². The number of alkyl carbamates (subject to hydrolysis) is 2. The largest absolute Gasteiger partial charge is 0.444 e. The molecule has 2 aliphatic rings. The first-order valence-corrected chi connectivity index (χ1v) is 17.8. The Kier molecular flexibility index (Phi) is 15.6. The Hall–Kier alpha value is -2.39. The Bertz CT molecular complexity index is 1010. The second-order valence-electron chi connectivity index (χ2n) is 13.4. The van der Waals surface area contributed by atoms with Gasteiger partial charge in [0.2, 0.25) is 17.7 Å². The fraction of sp³-hybridized carbons (Fsp3) is 0.833. The number of hydrogen-bond donors (Lipinski definition) is 5. The molecule has 258 valence electrons. The highest BCUT2D eigenvalue weighted by atomic mass is 32.2. The van der Waals surface area contributed by atoms with E-state index in [0.29, 0.717) is 51.7 Å². The van der Waals surface area contributed by atoms with E-state index in [4.69, 9.17) is 14.7 Å². The van der Waals surface area contributed by atoms with Crippen LogP contribution in [0.1, 0.15) is 99.3 Å². The lowest BCUT2D eigenvalue weighted by atomic mass is 10.1. The number of hydroxylamine groups is 1. The third-order valence-electron chi connectivity index (χ3n) is 7.02. The van der Waals surface area contributed by atoms with Crippen molar-refractivity contribution in [2.75, 3.05) is 31.1 Å². The molecule has 0 unspecified atom stereocenters. The van der Waals surface area contributed by atoms with E-state index in [2.05, 4.69) is 16.0 Å². The molecule has 15 heteroatoms. The molecule has 1 spiro atoms. The number of unbranched alkanes of at least 4 members (excludes halogenated alkanes) is 4. The number of thioether (sulfide) groups is 2. The summed E-state index contributed by atoms with van der Waals surface area (Å²) in [6, 6.07) is -1.57. The number of nitrogens with one attached hydrogen (secondary N) is 4. The molecule has 0 aliphatic carbocycles. The number of ether oxygens (including phenoxy) is 2. The number of nitrogens with zero attached hydrogens (tertiary/aromatic N) is 1. The van der Waals surface area contributed by atoms with Crippen LogP contribution in [0.25, 0.3) is 0 Å². The highest BCUT2D eigenvalue weighted by molar-refractivity contribution is 8.21. The Morgan fingerprint density at radius 2 is 1.42 bits per heavy atom. The second kappa shape index (κ2) is 18.1. The van der Waals surface area contributed by atoms with Crippen LogP contribution in [0.4, 0.5) is 9.59 Å². The van der Waals surface area contributed by atoms with Gasteiger partial charge in [0.15, 0.2) is 0 Å². The van der Waals surface area contributed by atoms with Gasteiger partial charge in [-0.2, -0.15) is 0 Å². The van der Waals surface area contributed by atoms with Crippen molar-refractivity contribution in [2.24, 2.45) is 0 Å². The average molecular weight is 676 g/mol. The maximum Gasteiger partial charge on any atom is 0.408 e. The lowest BCUT2D eigenvalue weighted by molar-refractivity contribution is -0.140. The van der Waals surface area contributed by atoms with Gasteiger partial charge >= 0.3 is 12.2 Å². The van der Waals surface area contributed by atoms with Gasteiger partial charge in [-0.3, -0.25) is 19.6 Å². The normalized spacial score (nSPS) is 18.3. The molecule has 0 aromatic heterocycles. The van der Waals surface area contributed by atoms with Crippen LogP contribution in [0, 0.1) is 0 Å². The van der Waals surface area contributed by atoms with Crippen LogP contribution < -0.4 is 21.4 Å². The number of amides is 5. The molecule has 45 heavy (non-hydrogen) atoms. The zero-order chi connectivity index (χ0) is 33.7. The minimum Gasteiger partial charge on any atom is -0.444 e. The van der Waals surface area contributed by atoms with Crippen molar-refractivity contribution in [3.8, 4) is 0 Å². The standard InChI is InChI=1S/C30H53N5O8S2/c1-28(2,3)42-26(39)32-16-12-10-13-21(33-27(40)43-29(4,5)6)25(38)35-20-30(44-17-18-45-30)19-22(35)24(37)31-15-11-8-7-9-14-23(36)34-41/h21-22,41H,7-20H2,1-6H3,(H,31,37)(H,32,39)(H,33,40)(H,34,36)/t21-,22-/m0/s1. The number of likely N-dealkylation sites (tertiary alicyclic amines) is 1. The summed E-state index contributed by atoms with van der Waals surface area (Å²) in [7, 11) is 0. The summed E-state index contributed by atoms with van der Waals surface area (Å²) < 4.78 is 10.5. The third-order valence-corrected chi connectivity index (χ3v) is 10.4. The fourth-order valence-corrected chi connectivity index (χ4v) is 8.30. The zero-order valence-corrected chi connectivity index (χ0v) is 29.3. The van der Waals surface area contributed by atoms with Crippen LogP contribution in [0.5, 0.6) is 0 Å². The van der Waals surface area contributed by atoms with E-state index in [1.807, 2.05) is 0 Å². The van der Waals surface area contributed by atoms with E-state index in [1.165, 1.54) is 0 Å². The first-order chi connectivity index (χ1) is 21.0. The summed E-state index contributed by atoms with van der Waals surface area (Å²) in [5, 5.41) is 17.0. The molecule has 0 aromatic carbocycles. The van der Waals surface area contributed by atoms with Gasteiger partial charge in [-0.15, -0.1) is 23.5 Å². The summed E-state index contributed by atoms with van der Waals surface area (Å²) in [4.78, 5) is 65.0. The Balaban J connectivity index is 2.04. The van der Waals surface area contributed by atoms with Gasteiger partial charge in [-0.25, -0.2) is 15.1 Å². The Morgan fingerprint density at radius 1 is 0.844 bits per heavy atom. The molecule has 2 fully saturated rings. The predicted molar refractivity (Wildman–Crippen MR) is 175 cm³/mol.